The van der Waals surface area contributed by atoms with Gasteiger partial charge < -0.3 is 10.3 Å². The third-order valence-corrected chi connectivity index (χ3v) is 3.65. The SMILES string of the molecule is CC(C)(C)CC(CN)c1nnc2n1CCCCC2. The number of hydrogen-bond donors (Lipinski definition) is 1. The van der Waals surface area contributed by atoms with Crippen molar-refractivity contribution >= 4 is 0 Å². The highest BCUT2D eigenvalue weighted by Gasteiger charge is 2.25. The molecule has 0 spiro atoms. The molecule has 0 aliphatic carbocycles. The number of aryl methyl sites for hydroxylation is 1. The van der Waals surface area contributed by atoms with Crippen LogP contribution in [0.4, 0.5) is 0 Å². The summed E-state index contributed by atoms with van der Waals surface area (Å²) in [4.78, 5) is 0. The smallest absolute Gasteiger partial charge is 0.137 e. The fourth-order valence-electron chi connectivity index (χ4n) is 2.83. The maximum atomic E-state index is 5.96. The van der Waals surface area contributed by atoms with Crippen molar-refractivity contribution < 1.29 is 0 Å². The Balaban J connectivity index is 2.23. The Morgan fingerprint density at radius 2 is 2.00 bits per heavy atom. The first kappa shape index (κ1) is 13.5. The molecule has 4 heteroatoms. The molecule has 1 aliphatic rings. The van der Waals surface area contributed by atoms with Crippen LogP contribution >= 0.6 is 0 Å². The van der Waals surface area contributed by atoms with Crippen molar-refractivity contribution in [3.63, 3.8) is 0 Å². The van der Waals surface area contributed by atoms with Crippen LogP contribution in [0.15, 0.2) is 0 Å². The Bertz CT molecular complexity index is 389. The van der Waals surface area contributed by atoms with Gasteiger partial charge in [0.1, 0.15) is 11.6 Å². The van der Waals surface area contributed by atoms with Gasteiger partial charge in [0, 0.05) is 25.4 Å². The lowest BCUT2D eigenvalue weighted by atomic mass is 9.84. The summed E-state index contributed by atoms with van der Waals surface area (Å²) in [7, 11) is 0. The molecule has 0 aromatic carbocycles. The molecule has 1 atom stereocenters. The zero-order valence-electron chi connectivity index (χ0n) is 11.9. The minimum atomic E-state index is 0.279. The maximum absolute atomic E-state index is 5.96. The van der Waals surface area contributed by atoms with Crippen molar-refractivity contribution in [2.75, 3.05) is 6.54 Å². The fourth-order valence-corrected chi connectivity index (χ4v) is 2.83. The number of hydrogen-bond acceptors (Lipinski definition) is 3. The van der Waals surface area contributed by atoms with Gasteiger partial charge in [0.15, 0.2) is 0 Å². The highest BCUT2D eigenvalue weighted by atomic mass is 15.3. The summed E-state index contributed by atoms with van der Waals surface area (Å²) in [5, 5.41) is 8.80. The molecule has 2 N–H and O–H groups in total. The zero-order chi connectivity index (χ0) is 13.2. The van der Waals surface area contributed by atoms with Crippen molar-refractivity contribution in [3.05, 3.63) is 11.6 Å². The van der Waals surface area contributed by atoms with Gasteiger partial charge in [-0.2, -0.15) is 0 Å². The molecule has 0 amide bonds. The number of aromatic nitrogens is 3. The molecule has 4 nitrogen and oxygen atoms in total. The van der Waals surface area contributed by atoms with Crippen molar-refractivity contribution in [1.29, 1.82) is 0 Å². The van der Waals surface area contributed by atoms with Crippen LogP contribution in [-0.4, -0.2) is 21.3 Å². The highest BCUT2D eigenvalue weighted by molar-refractivity contribution is 5.05. The minimum Gasteiger partial charge on any atom is -0.330 e. The van der Waals surface area contributed by atoms with Crippen LogP contribution in [0.1, 0.15) is 64.0 Å². The molecule has 1 unspecified atom stereocenters. The van der Waals surface area contributed by atoms with Crippen molar-refractivity contribution in [1.82, 2.24) is 14.8 Å². The standard InChI is InChI=1S/C14H26N4/c1-14(2,3)9-11(10-15)13-17-16-12-7-5-4-6-8-18(12)13/h11H,4-10,15H2,1-3H3. The lowest BCUT2D eigenvalue weighted by molar-refractivity contribution is 0.330. The molecule has 2 heterocycles. The molecule has 1 aromatic heterocycles. The summed E-state index contributed by atoms with van der Waals surface area (Å²) in [6, 6.07) is 0. The van der Waals surface area contributed by atoms with Gasteiger partial charge in [0.05, 0.1) is 0 Å². The summed E-state index contributed by atoms with van der Waals surface area (Å²) in [5.41, 5.74) is 6.24. The van der Waals surface area contributed by atoms with Gasteiger partial charge in [-0.05, 0) is 24.7 Å². The number of nitrogens with two attached hydrogens (primary N) is 1. The van der Waals surface area contributed by atoms with E-state index in [1.54, 1.807) is 0 Å². The van der Waals surface area contributed by atoms with Crippen molar-refractivity contribution in [2.24, 2.45) is 11.1 Å². The second-order valence-corrected chi connectivity index (χ2v) is 6.63. The lowest BCUT2D eigenvalue weighted by Crippen LogP contribution is -2.23. The van der Waals surface area contributed by atoms with E-state index in [1.165, 1.54) is 19.3 Å². The van der Waals surface area contributed by atoms with E-state index in [4.69, 9.17) is 5.73 Å². The molecular formula is C14H26N4. The largest absolute Gasteiger partial charge is 0.330 e. The van der Waals surface area contributed by atoms with E-state index in [9.17, 15) is 0 Å². The molecule has 2 rings (SSSR count). The van der Waals surface area contributed by atoms with Crippen LogP contribution in [0.5, 0.6) is 0 Å². The van der Waals surface area contributed by atoms with E-state index in [0.717, 1.165) is 31.0 Å². The molecule has 1 aromatic rings. The summed E-state index contributed by atoms with van der Waals surface area (Å²) in [5.74, 6) is 2.61. The van der Waals surface area contributed by atoms with Crippen LogP contribution in [0.2, 0.25) is 0 Å². The summed E-state index contributed by atoms with van der Waals surface area (Å²) in [6.07, 6.45) is 5.92. The average Bonchev–Trinajstić information content (AvgIpc) is 2.54. The first-order chi connectivity index (χ1) is 8.51. The van der Waals surface area contributed by atoms with Crippen LogP contribution in [0.25, 0.3) is 0 Å². The molecule has 1 aliphatic heterocycles. The lowest BCUT2D eigenvalue weighted by Gasteiger charge is -2.25. The predicted octanol–water partition coefficient (Wildman–Crippen LogP) is 2.48. The van der Waals surface area contributed by atoms with E-state index in [0.29, 0.717) is 12.5 Å². The van der Waals surface area contributed by atoms with Gasteiger partial charge in [-0.25, -0.2) is 0 Å². The normalized spacial score (nSPS) is 18.2. The molecule has 0 saturated heterocycles. The maximum Gasteiger partial charge on any atom is 0.137 e. The minimum absolute atomic E-state index is 0.279. The Morgan fingerprint density at radius 1 is 1.22 bits per heavy atom. The van der Waals surface area contributed by atoms with Crippen LogP contribution in [0, 0.1) is 5.41 Å². The summed E-state index contributed by atoms with van der Waals surface area (Å²) < 4.78 is 2.33. The molecule has 0 bridgehead atoms. The zero-order valence-corrected chi connectivity index (χ0v) is 11.9. The van der Waals surface area contributed by atoms with Gasteiger partial charge in [0.25, 0.3) is 0 Å². The number of nitrogens with zero attached hydrogens (tertiary/aromatic N) is 3. The van der Waals surface area contributed by atoms with Crippen molar-refractivity contribution in [3.8, 4) is 0 Å². The number of rotatable bonds is 3. The van der Waals surface area contributed by atoms with Gasteiger partial charge in [-0.15, -0.1) is 10.2 Å². The summed E-state index contributed by atoms with van der Waals surface area (Å²) in [6.45, 7) is 8.51. The van der Waals surface area contributed by atoms with E-state index in [-0.39, 0.29) is 5.41 Å². The van der Waals surface area contributed by atoms with Gasteiger partial charge in [-0.1, -0.05) is 27.2 Å². The third-order valence-electron chi connectivity index (χ3n) is 3.65. The van der Waals surface area contributed by atoms with Crippen LogP contribution < -0.4 is 5.73 Å². The first-order valence-electron chi connectivity index (χ1n) is 7.13. The highest BCUT2D eigenvalue weighted by Crippen LogP contribution is 2.30. The third kappa shape index (κ3) is 3.10. The Hall–Kier alpha value is -0.900. The fraction of sp³-hybridized carbons (Fsp3) is 0.857. The predicted molar refractivity (Wildman–Crippen MR) is 73.4 cm³/mol. The topological polar surface area (TPSA) is 56.7 Å². The van der Waals surface area contributed by atoms with E-state index < -0.39 is 0 Å². The van der Waals surface area contributed by atoms with Crippen molar-refractivity contribution in [2.45, 2.75) is 65.3 Å². The van der Waals surface area contributed by atoms with Gasteiger partial charge in [-0.3, -0.25) is 0 Å². The van der Waals surface area contributed by atoms with Crippen LogP contribution in [-0.2, 0) is 13.0 Å². The Labute approximate surface area is 110 Å². The molecule has 102 valence electrons. The van der Waals surface area contributed by atoms with Crippen LogP contribution in [0.3, 0.4) is 0 Å². The molecule has 0 saturated carbocycles. The molecular weight excluding hydrogens is 224 g/mol. The van der Waals surface area contributed by atoms with Gasteiger partial charge >= 0.3 is 0 Å². The molecule has 0 fully saturated rings. The molecule has 0 radical (unpaired) electrons. The Kier molecular flexibility index (Phi) is 4.05. The first-order valence-corrected chi connectivity index (χ1v) is 7.13. The van der Waals surface area contributed by atoms with E-state index >= 15 is 0 Å². The molecule has 18 heavy (non-hydrogen) atoms. The second kappa shape index (κ2) is 5.39. The monoisotopic (exact) mass is 250 g/mol. The average molecular weight is 250 g/mol. The second-order valence-electron chi connectivity index (χ2n) is 6.63. The van der Waals surface area contributed by atoms with E-state index in [2.05, 4.69) is 35.5 Å². The quantitative estimate of drug-likeness (QED) is 0.896. The Morgan fingerprint density at radius 3 is 2.67 bits per heavy atom. The number of fused-ring (bicyclic) bond motifs is 1. The van der Waals surface area contributed by atoms with Gasteiger partial charge in [0.2, 0.25) is 0 Å². The van der Waals surface area contributed by atoms with E-state index in [1.807, 2.05) is 0 Å². The summed E-state index contributed by atoms with van der Waals surface area (Å²) >= 11 is 0.